The Hall–Kier alpha value is -2.65. The van der Waals surface area contributed by atoms with Gasteiger partial charge in [-0.25, -0.2) is 9.78 Å². The van der Waals surface area contributed by atoms with Crippen LogP contribution in [0.15, 0.2) is 0 Å². The minimum atomic E-state index is -0.661. The van der Waals surface area contributed by atoms with Crippen LogP contribution in [0.4, 0.5) is 22.2 Å². The minimum absolute atomic E-state index is 0.0909. The lowest BCUT2D eigenvalue weighted by atomic mass is 10.3. The summed E-state index contributed by atoms with van der Waals surface area (Å²) >= 11 is 0. The number of amides is 2. The van der Waals surface area contributed by atoms with E-state index in [9.17, 15) is 14.9 Å². The Bertz CT molecular complexity index is 491. The number of urea groups is 1. The smallest absolute Gasteiger partial charge is 0.332 e. The minimum Gasteiger partial charge on any atom is -0.362 e. The van der Waals surface area contributed by atoms with Crippen molar-refractivity contribution in [3.8, 4) is 0 Å². The summed E-state index contributed by atoms with van der Waals surface area (Å²) in [5.41, 5.74) is 4.95. The first kappa shape index (κ1) is 14.4. The van der Waals surface area contributed by atoms with Gasteiger partial charge in [-0.05, 0) is 6.92 Å². The Morgan fingerprint density at radius 1 is 1.42 bits per heavy atom. The van der Waals surface area contributed by atoms with Crippen molar-refractivity contribution in [3.63, 3.8) is 0 Å². The molecule has 104 valence electrons. The maximum Gasteiger partial charge on any atom is 0.332 e. The van der Waals surface area contributed by atoms with Crippen LogP contribution in [0.2, 0.25) is 0 Å². The molecule has 2 amide bonds. The Morgan fingerprint density at radius 2 is 2.11 bits per heavy atom. The number of carbonyl (C=O) groups excluding carboxylic acids is 1. The molecule has 1 aromatic rings. The van der Waals surface area contributed by atoms with Crippen LogP contribution >= 0.6 is 0 Å². The van der Waals surface area contributed by atoms with Gasteiger partial charge in [0.05, 0.1) is 4.92 Å². The molecule has 1 rings (SSSR count). The van der Waals surface area contributed by atoms with Gasteiger partial charge in [0, 0.05) is 20.1 Å². The molecule has 0 aliphatic carbocycles. The number of aromatic nitrogens is 2. The summed E-state index contributed by atoms with van der Waals surface area (Å²) in [6.45, 7) is 2.00. The van der Waals surface area contributed by atoms with Gasteiger partial charge in [0.25, 0.3) is 0 Å². The number of nitro groups is 1. The summed E-state index contributed by atoms with van der Waals surface area (Å²) in [5, 5.41) is 18.8. The van der Waals surface area contributed by atoms with Gasteiger partial charge < -0.3 is 21.7 Å². The zero-order chi connectivity index (χ0) is 14.4. The summed E-state index contributed by atoms with van der Waals surface area (Å²) in [4.78, 5) is 28.8. The van der Waals surface area contributed by atoms with E-state index in [-0.39, 0.29) is 36.2 Å². The fourth-order valence-corrected chi connectivity index (χ4v) is 1.39. The van der Waals surface area contributed by atoms with E-state index in [4.69, 9.17) is 5.73 Å². The number of primary amides is 1. The number of rotatable bonds is 6. The first-order chi connectivity index (χ1) is 8.95. The molecule has 0 atom stereocenters. The van der Waals surface area contributed by atoms with Crippen molar-refractivity contribution in [1.29, 1.82) is 0 Å². The third kappa shape index (κ3) is 3.94. The predicted octanol–water partition coefficient (Wildman–Crippen LogP) is -0.185. The highest BCUT2D eigenvalue weighted by molar-refractivity contribution is 5.71. The molecule has 0 saturated carbocycles. The van der Waals surface area contributed by atoms with E-state index in [0.717, 1.165) is 0 Å². The Labute approximate surface area is 108 Å². The first-order valence-corrected chi connectivity index (χ1v) is 5.43. The van der Waals surface area contributed by atoms with E-state index in [1.807, 2.05) is 0 Å². The molecule has 0 spiro atoms. The fraction of sp³-hybridized carbons (Fsp3) is 0.444. The summed E-state index contributed by atoms with van der Waals surface area (Å²) in [6.07, 6.45) is 0. The standard InChI is InChI=1S/C9H15N7O3/c1-5-6(16(18)19)7(15-9(11-2)14-5)12-3-4-13-8(10)17/h3-4H2,1-2H3,(H3,10,13,17)(H2,11,12,14,15). The van der Waals surface area contributed by atoms with Gasteiger partial charge >= 0.3 is 11.7 Å². The van der Waals surface area contributed by atoms with E-state index >= 15 is 0 Å². The van der Waals surface area contributed by atoms with E-state index in [0.29, 0.717) is 0 Å². The third-order valence-electron chi connectivity index (χ3n) is 2.18. The molecule has 19 heavy (non-hydrogen) atoms. The number of anilines is 2. The molecule has 1 heterocycles. The second-order valence-corrected chi connectivity index (χ2v) is 3.55. The third-order valence-corrected chi connectivity index (χ3v) is 2.18. The fourth-order valence-electron chi connectivity index (χ4n) is 1.39. The molecule has 0 aliphatic rings. The van der Waals surface area contributed by atoms with Crippen LogP contribution in [0.25, 0.3) is 0 Å². The van der Waals surface area contributed by atoms with Gasteiger partial charge in [0.15, 0.2) is 0 Å². The Balaban J connectivity index is 2.87. The molecule has 0 radical (unpaired) electrons. The van der Waals surface area contributed by atoms with E-state index < -0.39 is 11.0 Å². The molecule has 0 fully saturated rings. The molecular weight excluding hydrogens is 254 g/mol. The molecule has 0 bridgehead atoms. The summed E-state index contributed by atoms with van der Waals surface area (Å²) in [5.74, 6) is 0.363. The Kier molecular flexibility index (Phi) is 4.80. The van der Waals surface area contributed by atoms with Crippen LogP contribution < -0.4 is 21.7 Å². The zero-order valence-electron chi connectivity index (χ0n) is 10.6. The second kappa shape index (κ2) is 6.33. The molecule has 0 aliphatic heterocycles. The topological polar surface area (TPSA) is 148 Å². The number of aryl methyl sites for hydroxylation is 1. The molecule has 10 heteroatoms. The van der Waals surface area contributed by atoms with Gasteiger partial charge in [-0.3, -0.25) is 10.1 Å². The highest BCUT2D eigenvalue weighted by Gasteiger charge is 2.21. The Morgan fingerprint density at radius 3 is 2.63 bits per heavy atom. The molecule has 10 nitrogen and oxygen atoms in total. The van der Waals surface area contributed by atoms with Crippen molar-refractivity contribution in [1.82, 2.24) is 15.3 Å². The molecular formula is C9H15N7O3. The van der Waals surface area contributed by atoms with Crippen molar-refractivity contribution in [2.75, 3.05) is 30.8 Å². The summed E-state index contributed by atoms with van der Waals surface area (Å²) in [6, 6.07) is -0.661. The number of carbonyl (C=O) groups is 1. The molecule has 0 saturated heterocycles. The lowest BCUT2D eigenvalue weighted by Gasteiger charge is -2.09. The average Bonchev–Trinajstić information content (AvgIpc) is 2.33. The van der Waals surface area contributed by atoms with Crippen molar-refractivity contribution < 1.29 is 9.72 Å². The summed E-state index contributed by atoms with van der Waals surface area (Å²) in [7, 11) is 1.61. The number of hydrogen-bond acceptors (Lipinski definition) is 7. The average molecular weight is 269 g/mol. The lowest BCUT2D eigenvalue weighted by molar-refractivity contribution is -0.385. The highest BCUT2D eigenvalue weighted by Crippen LogP contribution is 2.25. The predicted molar refractivity (Wildman–Crippen MR) is 69.0 cm³/mol. The van der Waals surface area contributed by atoms with Gasteiger partial charge in [-0.15, -0.1) is 0 Å². The van der Waals surface area contributed by atoms with Crippen LogP contribution in [0.1, 0.15) is 5.69 Å². The van der Waals surface area contributed by atoms with Crippen molar-refractivity contribution >= 4 is 23.5 Å². The molecule has 0 unspecified atom stereocenters. The molecule has 5 N–H and O–H groups in total. The van der Waals surface area contributed by atoms with Crippen molar-refractivity contribution in [3.05, 3.63) is 15.8 Å². The molecule has 1 aromatic heterocycles. The largest absolute Gasteiger partial charge is 0.362 e. The maximum absolute atomic E-state index is 11.0. The van der Waals surface area contributed by atoms with Crippen LogP contribution in [0.3, 0.4) is 0 Å². The van der Waals surface area contributed by atoms with Crippen LogP contribution in [-0.4, -0.2) is 41.1 Å². The number of nitrogens with one attached hydrogen (secondary N) is 3. The first-order valence-electron chi connectivity index (χ1n) is 5.43. The van der Waals surface area contributed by atoms with Crippen LogP contribution in [0.5, 0.6) is 0 Å². The van der Waals surface area contributed by atoms with E-state index in [2.05, 4.69) is 25.9 Å². The number of nitrogens with zero attached hydrogens (tertiary/aromatic N) is 3. The zero-order valence-corrected chi connectivity index (χ0v) is 10.6. The quantitative estimate of drug-likeness (QED) is 0.318. The van der Waals surface area contributed by atoms with Crippen molar-refractivity contribution in [2.24, 2.45) is 5.73 Å². The SMILES string of the molecule is CNc1nc(C)c([N+](=O)[O-])c(NCCNC(N)=O)n1. The summed E-state index contributed by atoms with van der Waals surface area (Å²) < 4.78 is 0. The van der Waals surface area contributed by atoms with Gasteiger partial charge in [0.1, 0.15) is 5.69 Å². The van der Waals surface area contributed by atoms with Gasteiger partial charge in [0.2, 0.25) is 11.8 Å². The number of hydrogen-bond donors (Lipinski definition) is 4. The second-order valence-electron chi connectivity index (χ2n) is 3.55. The van der Waals surface area contributed by atoms with Gasteiger partial charge in [-0.1, -0.05) is 0 Å². The molecule has 0 aromatic carbocycles. The highest BCUT2D eigenvalue weighted by atomic mass is 16.6. The van der Waals surface area contributed by atoms with Crippen LogP contribution in [0, 0.1) is 17.0 Å². The normalized spacial score (nSPS) is 9.79. The maximum atomic E-state index is 11.0. The van der Waals surface area contributed by atoms with Gasteiger partial charge in [-0.2, -0.15) is 4.98 Å². The van der Waals surface area contributed by atoms with Crippen LogP contribution in [-0.2, 0) is 0 Å². The lowest BCUT2D eigenvalue weighted by Crippen LogP contribution is -2.33. The monoisotopic (exact) mass is 269 g/mol. The van der Waals surface area contributed by atoms with E-state index in [1.54, 1.807) is 7.05 Å². The van der Waals surface area contributed by atoms with Crippen molar-refractivity contribution in [2.45, 2.75) is 6.92 Å². The van der Waals surface area contributed by atoms with E-state index in [1.165, 1.54) is 6.92 Å². The number of nitrogens with two attached hydrogens (primary N) is 1.